The molecule has 19 heavy (non-hydrogen) atoms. The van der Waals surface area contributed by atoms with E-state index in [4.69, 9.17) is 4.55 Å². The van der Waals surface area contributed by atoms with Gasteiger partial charge < -0.3 is 0 Å². The van der Waals surface area contributed by atoms with Gasteiger partial charge in [-0.05, 0) is 37.0 Å². The van der Waals surface area contributed by atoms with Gasteiger partial charge in [0.05, 0.1) is 11.4 Å². The van der Waals surface area contributed by atoms with Crippen LogP contribution in [0.15, 0.2) is 23.2 Å². The zero-order chi connectivity index (χ0) is 14.3. The minimum absolute atomic E-state index is 0.107. The Morgan fingerprint density at radius 3 is 2.63 bits per heavy atom. The number of hydrogen-bond acceptors (Lipinski definition) is 3. The highest BCUT2D eigenvalue weighted by Crippen LogP contribution is 2.42. The molecule has 4 nitrogen and oxygen atoms in total. The van der Waals surface area contributed by atoms with Crippen LogP contribution in [0.25, 0.3) is 0 Å². The molecule has 1 N–H and O–H groups in total. The fraction of sp³-hybridized carbons (Fsp3) is 0.500. The van der Waals surface area contributed by atoms with Crippen LogP contribution in [0.2, 0.25) is 0 Å². The minimum atomic E-state index is -3.88. The first-order chi connectivity index (χ1) is 8.72. The van der Waals surface area contributed by atoms with Crippen LogP contribution in [0.4, 0.5) is 5.69 Å². The fourth-order valence-electron chi connectivity index (χ4n) is 2.56. The fourth-order valence-corrected chi connectivity index (χ4v) is 3.07. The molecular formula is C14H19NO3S. The summed E-state index contributed by atoms with van der Waals surface area (Å²) in [6.45, 7) is 6.27. The lowest BCUT2D eigenvalue weighted by atomic mass is 9.79. The van der Waals surface area contributed by atoms with Crippen molar-refractivity contribution in [3.05, 3.63) is 29.3 Å². The Hall–Kier alpha value is -1.20. The molecule has 0 saturated carbocycles. The van der Waals surface area contributed by atoms with Crippen molar-refractivity contribution >= 4 is 21.5 Å². The molecule has 0 amide bonds. The number of rotatable bonds is 4. The number of benzene rings is 1. The van der Waals surface area contributed by atoms with Crippen LogP contribution >= 0.6 is 0 Å². The summed E-state index contributed by atoms with van der Waals surface area (Å²) in [5.41, 5.74) is 4.25. The van der Waals surface area contributed by atoms with Crippen molar-refractivity contribution in [2.24, 2.45) is 4.99 Å². The highest BCUT2D eigenvalue weighted by atomic mass is 32.2. The highest BCUT2D eigenvalue weighted by molar-refractivity contribution is 7.85. The molecule has 0 saturated heterocycles. The molecule has 104 valence electrons. The molecule has 0 spiro atoms. The van der Waals surface area contributed by atoms with Crippen LogP contribution < -0.4 is 0 Å². The number of hydrogen-bond donors (Lipinski definition) is 1. The average Bonchev–Trinajstić information content (AvgIpc) is 2.49. The second-order valence-electron chi connectivity index (χ2n) is 5.52. The molecule has 0 unspecified atom stereocenters. The minimum Gasteiger partial charge on any atom is -0.286 e. The molecule has 1 aliphatic heterocycles. The lowest BCUT2D eigenvalue weighted by molar-refractivity contribution is 0.481. The number of aliphatic imine (C=N–C) groups is 1. The Balaban J connectivity index is 2.25. The van der Waals surface area contributed by atoms with E-state index in [1.54, 1.807) is 0 Å². The molecule has 0 fully saturated rings. The second-order valence-corrected chi connectivity index (χ2v) is 7.10. The molecule has 0 radical (unpaired) electrons. The monoisotopic (exact) mass is 281 g/mol. The molecule has 1 aliphatic rings. The third kappa shape index (κ3) is 2.87. The summed E-state index contributed by atoms with van der Waals surface area (Å²) < 4.78 is 30.3. The van der Waals surface area contributed by atoms with Gasteiger partial charge in [-0.1, -0.05) is 26.0 Å². The van der Waals surface area contributed by atoms with Gasteiger partial charge in [0.1, 0.15) is 0 Å². The van der Waals surface area contributed by atoms with E-state index in [1.165, 1.54) is 5.56 Å². The van der Waals surface area contributed by atoms with Gasteiger partial charge >= 0.3 is 0 Å². The maximum absolute atomic E-state index is 10.8. The number of aryl methyl sites for hydroxylation is 1. The summed E-state index contributed by atoms with van der Waals surface area (Å²) >= 11 is 0. The van der Waals surface area contributed by atoms with Gasteiger partial charge in [0.2, 0.25) is 0 Å². The van der Waals surface area contributed by atoms with Crippen LogP contribution in [0, 0.1) is 0 Å². The van der Waals surface area contributed by atoms with Crippen molar-refractivity contribution in [2.45, 2.75) is 39.0 Å². The smallest absolute Gasteiger partial charge is 0.264 e. The molecule has 1 aromatic rings. The van der Waals surface area contributed by atoms with Crippen LogP contribution in [0.5, 0.6) is 0 Å². The predicted molar refractivity (Wildman–Crippen MR) is 77.0 cm³/mol. The summed E-state index contributed by atoms with van der Waals surface area (Å²) in [5.74, 6) is -0.197. The van der Waals surface area contributed by atoms with E-state index < -0.39 is 10.1 Å². The molecule has 5 heteroatoms. The topological polar surface area (TPSA) is 66.7 Å². The third-order valence-electron chi connectivity index (χ3n) is 3.79. The summed E-state index contributed by atoms with van der Waals surface area (Å²) in [6.07, 6.45) is 1.06. The molecule has 0 aliphatic carbocycles. The first-order valence-electron chi connectivity index (χ1n) is 6.35. The standard InChI is InChI=1S/C14H19NO3S/c1-10-14(2,3)13-11(6-4-8-12(13)15-10)7-5-9-19(16,17)18/h4,6,8H,5,7,9H2,1-3H3,(H,16,17,18). The summed E-state index contributed by atoms with van der Waals surface area (Å²) in [6, 6.07) is 5.94. The maximum Gasteiger partial charge on any atom is 0.264 e. The molecule has 0 aromatic heterocycles. The summed E-state index contributed by atoms with van der Waals surface area (Å²) in [5, 5.41) is 0. The SMILES string of the molecule is CC1=Nc2cccc(CCCS(=O)(=O)O)c2C1(C)C. The van der Waals surface area contributed by atoms with Crippen LogP contribution in [-0.4, -0.2) is 24.4 Å². The van der Waals surface area contributed by atoms with Crippen molar-refractivity contribution in [3.63, 3.8) is 0 Å². The van der Waals surface area contributed by atoms with E-state index in [0.29, 0.717) is 12.8 Å². The van der Waals surface area contributed by atoms with E-state index in [1.807, 2.05) is 25.1 Å². The summed E-state index contributed by atoms with van der Waals surface area (Å²) in [7, 11) is -3.88. The Morgan fingerprint density at radius 1 is 1.32 bits per heavy atom. The first-order valence-corrected chi connectivity index (χ1v) is 7.96. The largest absolute Gasteiger partial charge is 0.286 e. The zero-order valence-electron chi connectivity index (χ0n) is 11.5. The molecule has 0 atom stereocenters. The normalized spacial score (nSPS) is 17.2. The van der Waals surface area contributed by atoms with Gasteiger partial charge in [0.15, 0.2) is 0 Å². The van der Waals surface area contributed by atoms with E-state index >= 15 is 0 Å². The lowest BCUT2D eigenvalue weighted by Crippen LogP contribution is -2.24. The third-order valence-corrected chi connectivity index (χ3v) is 4.60. The molecule has 1 aromatic carbocycles. The Kier molecular flexibility index (Phi) is 3.53. The van der Waals surface area contributed by atoms with E-state index in [2.05, 4.69) is 18.8 Å². The maximum atomic E-state index is 10.8. The van der Waals surface area contributed by atoms with Gasteiger partial charge in [0.25, 0.3) is 10.1 Å². The van der Waals surface area contributed by atoms with Crippen molar-refractivity contribution in [2.75, 3.05) is 5.75 Å². The van der Waals surface area contributed by atoms with Crippen molar-refractivity contribution in [1.29, 1.82) is 0 Å². The van der Waals surface area contributed by atoms with Crippen molar-refractivity contribution in [3.8, 4) is 0 Å². The first kappa shape index (κ1) is 14.2. The average molecular weight is 281 g/mol. The Labute approximate surface area is 114 Å². The van der Waals surface area contributed by atoms with E-state index in [0.717, 1.165) is 17.0 Å². The number of nitrogens with zero attached hydrogens (tertiary/aromatic N) is 1. The molecule has 1 heterocycles. The van der Waals surface area contributed by atoms with Crippen molar-refractivity contribution < 1.29 is 13.0 Å². The van der Waals surface area contributed by atoms with E-state index in [-0.39, 0.29) is 11.2 Å². The van der Waals surface area contributed by atoms with Gasteiger partial charge in [-0.3, -0.25) is 9.55 Å². The quantitative estimate of drug-likeness (QED) is 0.863. The van der Waals surface area contributed by atoms with Crippen molar-refractivity contribution in [1.82, 2.24) is 0 Å². The van der Waals surface area contributed by atoms with Gasteiger partial charge in [0, 0.05) is 11.1 Å². The van der Waals surface area contributed by atoms with Crippen LogP contribution in [0.3, 0.4) is 0 Å². The Bertz CT molecular complexity index is 630. The van der Waals surface area contributed by atoms with Gasteiger partial charge in [-0.2, -0.15) is 8.42 Å². The molecule has 2 rings (SSSR count). The highest BCUT2D eigenvalue weighted by Gasteiger charge is 2.33. The van der Waals surface area contributed by atoms with Crippen LogP contribution in [0.1, 0.15) is 38.3 Å². The van der Waals surface area contributed by atoms with Gasteiger partial charge in [-0.25, -0.2) is 0 Å². The number of fused-ring (bicyclic) bond motifs is 1. The van der Waals surface area contributed by atoms with Crippen LogP contribution in [-0.2, 0) is 22.0 Å². The lowest BCUT2D eigenvalue weighted by Gasteiger charge is -2.23. The second kappa shape index (κ2) is 4.72. The molecular weight excluding hydrogens is 262 g/mol. The van der Waals surface area contributed by atoms with E-state index in [9.17, 15) is 8.42 Å². The predicted octanol–water partition coefficient (Wildman–Crippen LogP) is 2.89. The van der Waals surface area contributed by atoms with Gasteiger partial charge in [-0.15, -0.1) is 0 Å². The summed E-state index contributed by atoms with van der Waals surface area (Å²) in [4.78, 5) is 4.57. The zero-order valence-corrected chi connectivity index (χ0v) is 12.3. The molecule has 0 bridgehead atoms. The Morgan fingerprint density at radius 2 is 2.00 bits per heavy atom.